The minimum atomic E-state index is 0.130. The first-order chi connectivity index (χ1) is 12.2. The van der Waals surface area contributed by atoms with Crippen LogP contribution in [0.1, 0.15) is 18.9 Å². The van der Waals surface area contributed by atoms with Gasteiger partial charge in [0.25, 0.3) is 0 Å². The lowest BCUT2D eigenvalue weighted by atomic mass is 10.1. The number of ether oxygens (including phenoxy) is 1. The van der Waals surface area contributed by atoms with Gasteiger partial charge in [-0.1, -0.05) is 12.1 Å². The van der Waals surface area contributed by atoms with E-state index in [9.17, 15) is 4.79 Å². The molecule has 1 saturated heterocycles. The van der Waals surface area contributed by atoms with E-state index in [1.807, 2.05) is 29.8 Å². The van der Waals surface area contributed by atoms with E-state index in [2.05, 4.69) is 27.3 Å². The molecule has 1 amide bonds. The van der Waals surface area contributed by atoms with Gasteiger partial charge < -0.3 is 14.6 Å². The summed E-state index contributed by atoms with van der Waals surface area (Å²) in [5.74, 6) is 1.20. The van der Waals surface area contributed by atoms with Crippen LogP contribution in [0.2, 0.25) is 0 Å². The zero-order valence-electron chi connectivity index (χ0n) is 14.7. The number of imidazole rings is 1. The number of hydrogen-bond acceptors (Lipinski definition) is 4. The van der Waals surface area contributed by atoms with Crippen molar-refractivity contribution >= 4 is 5.91 Å². The highest BCUT2D eigenvalue weighted by Gasteiger charge is 2.27. The van der Waals surface area contributed by atoms with Crippen molar-refractivity contribution in [2.45, 2.75) is 26.4 Å². The van der Waals surface area contributed by atoms with Crippen molar-refractivity contribution in [1.82, 2.24) is 19.8 Å². The fourth-order valence-corrected chi connectivity index (χ4v) is 3.15. The van der Waals surface area contributed by atoms with Gasteiger partial charge in [-0.25, -0.2) is 4.98 Å². The highest BCUT2D eigenvalue weighted by atomic mass is 16.5. The highest BCUT2D eigenvalue weighted by Crippen LogP contribution is 2.20. The molecule has 1 unspecified atom stereocenters. The van der Waals surface area contributed by atoms with E-state index in [0.29, 0.717) is 13.2 Å². The molecule has 1 aliphatic heterocycles. The molecule has 25 heavy (non-hydrogen) atoms. The Hall–Kier alpha value is -2.34. The number of amides is 1. The Morgan fingerprint density at radius 3 is 2.92 bits per heavy atom. The fourth-order valence-electron chi connectivity index (χ4n) is 3.15. The van der Waals surface area contributed by atoms with E-state index in [1.54, 1.807) is 12.5 Å². The largest absolute Gasteiger partial charge is 0.492 e. The van der Waals surface area contributed by atoms with Gasteiger partial charge in [0, 0.05) is 32.0 Å². The van der Waals surface area contributed by atoms with Crippen LogP contribution in [0.25, 0.3) is 0 Å². The molecule has 0 bridgehead atoms. The van der Waals surface area contributed by atoms with Crippen molar-refractivity contribution in [3.05, 3.63) is 48.5 Å². The lowest BCUT2D eigenvalue weighted by Gasteiger charge is -2.16. The number of likely N-dealkylation sites (tertiary alicyclic amines) is 1. The monoisotopic (exact) mass is 342 g/mol. The van der Waals surface area contributed by atoms with E-state index >= 15 is 0 Å². The molecule has 1 N–H and O–H groups in total. The molecule has 0 spiro atoms. The van der Waals surface area contributed by atoms with Crippen LogP contribution < -0.4 is 10.1 Å². The first-order valence-electron chi connectivity index (χ1n) is 8.92. The average molecular weight is 342 g/mol. The van der Waals surface area contributed by atoms with E-state index in [4.69, 9.17) is 4.74 Å². The second kappa shape index (κ2) is 8.67. The van der Waals surface area contributed by atoms with Crippen LogP contribution in [0.5, 0.6) is 5.75 Å². The van der Waals surface area contributed by atoms with Crippen LogP contribution >= 0.6 is 0 Å². The van der Waals surface area contributed by atoms with Gasteiger partial charge in [-0.05, 0) is 37.6 Å². The standard InChI is InChI=1S/C19H26N4O2/c1-2-21-19(24)17-7-9-23(14-17)13-16-3-5-18(6-4-16)25-12-11-22-10-8-20-15-22/h3-6,8,10,15,17H,2,7,9,11-14H2,1H3,(H,21,24). The number of benzene rings is 1. The van der Waals surface area contributed by atoms with Gasteiger partial charge in [0.15, 0.2) is 0 Å². The Kier molecular flexibility index (Phi) is 6.06. The average Bonchev–Trinajstić information content (AvgIpc) is 3.29. The summed E-state index contributed by atoms with van der Waals surface area (Å²) in [4.78, 5) is 18.3. The predicted octanol–water partition coefficient (Wildman–Crippen LogP) is 1.92. The van der Waals surface area contributed by atoms with Crippen molar-refractivity contribution in [2.75, 3.05) is 26.2 Å². The first-order valence-corrected chi connectivity index (χ1v) is 8.92. The summed E-state index contributed by atoms with van der Waals surface area (Å²) in [7, 11) is 0. The molecule has 1 fully saturated rings. The fraction of sp³-hybridized carbons (Fsp3) is 0.474. The first kappa shape index (κ1) is 17.5. The van der Waals surface area contributed by atoms with Crippen LogP contribution in [-0.4, -0.2) is 46.6 Å². The second-order valence-electron chi connectivity index (χ2n) is 6.41. The van der Waals surface area contributed by atoms with Crippen molar-refractivity contribution < 1.29 is 9.53 Å². The van der Waals surface area contributed by atoms with Crippen LogP contribution in [0.4, 0.5) is 0 Å². The van der Waals surface area contributed by atoms with Gasteiger partial charge in [0.05, 0.1) is 18.8 Å². The molecular formula is C19H26N4O2. The maximum Gasteiger partial charge on any atom is 0.224 e. The van der Waals surface area contributed by atoms with Gasteiger partial charge >= 0.3 is 0 Å². The lowest BCUT2D eigenvalue weighted by Crippen LogP contribution is -2.32. The Bertz CT molecular complexity index is 655. The smallest absolute Gasteiger partial charge is 0.224 e. The van der Waals surface area contributed by atoms with Crippen molar-refractivity contribution in [3.63, 3.8) is 0 Å². The Labute approximate surface area is 148 Å². The molecule has 0 aliphatic carbocycles. The maximum absolute atomic E-state index is 11.9. The summed E-state index contributed by atoms with van der Waals surface area (Å²) in [5, 5.41) is 2.92. The Morgan fingerprint density at radius 1 is 1.36 bits per heavy atom. The van der Waals surface area contributed by atoms with Crippen LogP contribution in [0.15, 0.2) is 43.0 Å². The summed E-state index contributed by atoms with van der Waals surface area (Å²) in [6, 6.07) is 8.24. The molecule has 2 heterocycles. The molecule has 134 valence electrons. The number of carbonyl (C=O) groups excluding carboxylic acids is 1. The van der Waals surface area contributed by atoms with E-state index in [1.165, 1.54) is 5.56 Å². The number of nitrogens with zero attached hydrogens (tertiary/aromatic N) is 3. The molecular weight excluding hydrogens is 316 g/mol. The molecule has 3 rings (SSSR count). The van der Waals surface area contributed by atoms with E-state index in [0.717, 1.165) is 38.3 Å². The number of aromatic nitrogens is 2. The quantitative estimate of drug-likeness (QED) is 0.796. The third kappa shape index (κ3) is 5.06. The van der Waals surface area contributed by atoms with Crippen molar-refractivity contribution in [1.29, 1.82) is 0 Å². The molecule has 0 saturated carbocycles. The molecule has 0 radical (unpaired) electrons. The number of rotatable bonds is 8. The summed E-state index contributed by atoms with van der Waals surface area (Å²) < 4.78 is 7.76. The second-order valence-corrected chi connectivity index (χ2v) is 6.41. The summed E-state index contributed by atoms with van der Waals surface area (Å²) in [6.07, 6.45) is 6.43. The number of carbonyl (C=O) groups is 1. The minimum Gasteiger partial charge on any atom is -0.492 e. The Morgan fingerprint density at radius 2 is 2.20 bits per heavy atom. The zero-order valence-corrected chi connectivity index (χ0v) is 14.7. The minimum absolute atomic E-state index is 0.130. The van der Waals surface area contributed by atoms with Gasteiger partial charge in [-0.2, -0.15) is 0 Å². The van der Waals surface area contributed by atoms with Crippen LogP contribution in [0.3, 0.4) is 0 Å². The molecule has 1 atom stereocenters. The summed E-state index contributed by atoms with van der Waals surface area (Å²) >= 11 is 0. The van der Waals surface area contributed by atoms with Crippen LogP contribution in [0, 0.1) is 5.92 Å². The third-order valence-electron chi connectivity index (χ3n) is 4.50. The molecule has 1 aliphatic rings. The van der Waals surface area contributed by atoms with Gasteiger partial charge in [-0.15, -0.1) is 0 Å². The molecule has 2 aromatic rings. The normalized spacial score (nSPS) is 17.6. The SMILES string of the molecule is CCNC(=O)C1CCN(Cc2ccc(OCCn3ccnc3)cc2)C1. The Balaban J connectivity index is 1.42. The molecule has 6 nitrogen and oxygen atoms in total. The van der Waals surface area contributed by atoms with Crippen LogP contribution in [-0.2, 0) is 17.9 Å². The zero-order chi connectivity index (χ0) is 17.5. The van der Waals surface area contributed by atoms with E-state index in [-0.39, 0.29) is 11.8 Å². The molecule has 6 heteroatoms. The van der Waals surface area contributed by atoms with Gasteiger partial charge in [0.2, 0.25) is 5.91 Å². The van der Waals surface area contributed by atoms with Crippen molar-refractivity contribution in [2.24, 2.45) is 5.92 Å². The highest BCUT2D eigenvalue weighted by molar-refractivity contribution is 5.79. The topological polar surface area (TPSA) is 59.4 Å². The lowest BCUT2D eigenvalue weighted by molar-refractivity contribution is -0.124. The number of nitrogens with one attached hydrogen (secondary N) is 1. The maximum atomic E-state index is 11.9. The van der Waals surface area contributed by atoms with Crippen molar-refractivity contribution in [3.8, 4) is 5.75 Å². The third-order valence-corrected chi connectivity index (χ3v) is 4.50. The van der Waals surface area contributed by atoms with Gasteiger partial charge in [-0.3, -0.25) is 9.69 Å². The predicted molar refractivity (Wildman–Crippen MR) is 96.2 cm³/mol. The number of hydrogen-bond donors (Lipinski definition) is 1. The van der Waals surface area contributed by atoms with E-state index < -0.39 is 0 Å². The molecule has 1 aromatic heterocycles. The van der Waals surface area contributed by atoms with Gasteiger partial charge in [0.1, 0.15) is 12.4 Å². The summed E-state index contributed by atoms with van der Waals surface area (Å²) in [5.41, 5.74) is 1.25. The molecule has 1 aromatic carbocycles. The summed E-state index contributed by atoms with van der Waals surface area (Å²) in [6.45, 7) is 6.78.